The molecule has 6 nitrogen and oxygen atoms in total. The summed E-state index contributed by atoms with van der Waals surface area (Å²) in [6, 6.07) is -0.0746. The topological polar surface area (TPSA) is 102 Å². The number of carboxylic acid groups (broad SMARTS) is 1. The first-order valence-electron chi connectivity index (χ1n) is 7.64. The number of rotatable bonds is 6. The van der Waals surface area contributed by atoms with E-state index in [1.54, 1.807) is 0 Å². The summed E-state index contributed by atoms with van der Waals surface area (Å²) in [7, 11) is 0. The minimum Gasteiger partial charge on any atom is -0.481 e. The number of hydrogen-bond donors (Lipinski definition) is 3. The lowest BCUT2D eigenvalue weighted by Gasteiger charge is -2.60. The molecular formula is C15H26N2O4. The van der Waals surface area contributed by atoms with Gasteiger partial charge in [0.1, 0.15) is 5.54 Å². The maximum Gasteiger partial charge on any atom is 0.303 e. The van der Waals surface area contributed by atoms with Crippen LogP contribution in [-0.4, -0.2) is 41.3 Å². The summed E-state index contributed by atoms with van der Waals surface area (Å²) in [6.45, 7) is 6.51. The van der Waals surface area contributed by atoms with Crippen molar-refractivity contribution in [1.82, 2.24) is 5.32 Å². The molecule has 1 aliphatic carbocycles. The Kier molecular flexibility index (Phi) is 4.31. The van der Waals surface area contributed by atoms with E-state index in [2.05, 4.69) is 5.32 Å². The maximum atomic E-state index is 12.6. The van der Waals surface area contributed by atoms with E-state index in [9.17, 15) is 9.59 Å². The monoisotopic (exact) mass is 298 g/mol. The molecule has 0 radical (unpaired) electrons. The van der Waals surface area contributed by atoms with Gasteiger partial charge in [0.25, 0.3) is 0 Å². The number of amides is 1. The summed E-state index contributed by atoms with van der Waals surface area (Å²) in [5.74, 6) is -0.865. The number of nitrogens with one attached hydrogen (secondary N) is 1. The first-order valence-corrected chi connectivity index (χ1v) is 7.64. The van der Waals surface area contributed by atoms with Crippen LogP contribution < -0.4 is 11.1 Å². The van der Waals surface area contributed by atoms with Crippen molar-refractivity contribution < 1.29 is 19.4 Å². The highest BCUT2D eigenvalue weighted by Crippen LogP contribution is 2.58. The highest BCUT2D eigenvalue weighted by molar-refractivity contribution is 5.89. The van der Waals surface area contributed by atoms with Crippen molar-refractivity contribution in [2.75, 3.05) is 6.61 Å². The number of nitrogens with two attached hydrogens (primary N) is 1. The van der Waals surface area contributed by atoms with Crippen LogP contribution in [0.5, 0.6) is 0 Å². The van der Waals surface area contributed by atoms with E-state index in [0.717, 1.165) is 6.42 Å². The molecule has 4 atom stereocenters. The molecule has 0 aromatic carbocycles. The van der Waals surface area contributed by atoms with Crippen molar-refractivity contribution >= 4 is 11.9 Å². The third kappa shape index (κ3) is 2.55. The largest absolute Gasteiger partial charge is 0.481 e. The second-order valence-electron chi connectivity index (χ2n) is 6.94. The molecule has 0 spiro atoms. The van der Waals surface area contributed by atoms with Gasteiger partial charge in [0, 0.05) is 30.4 Å². The van der Waals surface area contributed by atoms with E-state index < -0.39 is 11.5 Å². The van der Waals surface area contributed by atoms with Gasteiger partial charge in [-0.1, -0.05) is 13.8 Å². The van der Waals surface area contributed by atoms with Gasteiger partial charge < -0.3 is 20.9 Å². The van der Waals surface area contributed by atoms with Crippen LogP contribution in [0.3, 0.4) is 0 Å². The fraction of sp³-hybridized carbons (Fsp3) is 0.867. The molecule has 0 aromatic heterocycles. The zero-order chi connectivity index (χ0) is 15.8. The van der Waals surface area contributed by atoms with E-state index in [1.807, 2.05) is 20.8 Å². The van der Waals surface area contributed by atoms with Crippen LogP contribution in [-0.2, 0) is 14.3 Å². The second-order valence-corrected chi connectivity index (χ2v) is 6.94. The average Bonchev–Trinajstić information content (AvgIpc) is 2.85. The van der Waals surface area contributed by atoms with Crippen molar-refractivity contribution in [3.63, 3.8) is 0 Å². The van der Waals surface area contributed by atoms with E-state index in [1.165, 1.54) is 0 Å². The highest BCUT2D eigenvalue weighted by atomic mass is 16.5. The van der Waals surface area contributed by atoms with E-state index in [0.29, 0.717) is 19.4 Å². The standard InChI is InChI=1S/C15H26N2O4/c1-9(5-4-6-11(18)19)17-13(20)15(16)10-7-8-21-12(10)14(15,2)3/h9-10,12H,4-8,16H2,1-3H3,(H,17,20)(H,18,19). The number of carboxylic acids is 1. The van der Waals surface area contributed by atoms with Gasteiger partial charge in [-0.25, -0.2) is 0 Å². The van der Waals surface area contributed by atoms with E-state index >= 15 is 0 Å². The molecule has 4 unspecified atom stereocenters. The summed E-state index contributed by atoms with van der Waals surface area (Å²) >= 11 is 0. The van der Waals surface area contributed by atoms with Crippen molar-refractivity contribution in [2.24, 2.45) is 17.1 Å². The van der Waals surface area contributed by atoms with Gasteiger partial charge >= 0.3 is 5.97 Å². The Morgan fingerprint density at radius 2 is 2.14 bits per heavy atom. The van der Waals surface area contributed by atoms with Crippen LogP contribution in [0, 0.1) is 11.3 Å². The molecule has 1 saturated carbocycles. The SMILES string of the molecule is CC(CCCC(=O)O)NC(=O)C1(N)C2CCOC2C1(C)C. The Morgan fingerprint density at radius 1 is 1.48 bits per heavy atom. The van der Waals surface area contributed by atoms with Gasteiger partial charge in [-0.05, 0) is 26.2 Å². The Bertz CT molecular complexity index is 437. The molecule has 21 heavy (non-hydrogen) atoms. The molecule has 1 aliphatic heterocycles. The van der Waals surface area contributed by atoms with Gasteiger partial charge in [-0.3, -0.25) is 9.59 Å². The van der Waals surface area contributed by atoms with Crippen LogP contribution in [0.1, 0.15) is 46.5 Å². The third-order valence-corrected chi connectivity index (χ3v) is 5.24. The van der Waals surface area contributed by atoms with E-state index in [-0.39, 0.29) is 35.8 Å². The first kappa shape index (κ1) is 16.2. The number of ether oxygens (including phenoxy) is 1. The van der Waals surface area contributed by atoms with Crippen LogP contribution in [0.15, 0.2) is 0 Å². The second kappa shape index (κ2) is 5.57. The first-order chi connectivity index (χ1) is 9.71. The zero-order valence-corrected chi connectivity index (χ0v) is 13.0. The maximum absolute atomic E-state index is 12.6. The van der Waals surface area contributed by atoms with E-state index in [4.69, 9.17) is 15.6 Å². The fourth-order valence-electron chi connectivity index (χ4n) is 3.82. The van der Waals surface area contributed by atoms with Gasteiger partial charge in [0.05, 0.1) is 6.10 Å². The zero-order valence-electron chi connectivity index (χ0n) is 13.0. The molecule has 1 saturated heterocycles. The molecule has 0 aromatic rings. The number of carbonyl (C=O) groups is 2. The molecule has 0 bridgehead atoms. The third-order valence-electron chi connectivity index (χ3n) is 5.24. The highest BCUT2D eigenvalue weighted by Gasteiger charge is 2.71. The minimum atomic E-state index is -0.894. The van der Waals surface area contributed by atoms with Gasteiger partial charge in [0.2, 0.25) is 5.91 Å². The fourth-order valence-corrected chi connectivity index (χ4v) is 3.82. The molecule has 4 N–H and O–H groups in total. The average molecular weight is 298 g/mol. The summed E-state index contributed by atoms with van der Waals surface area (Å²) in [4.78, 5) is 23.1. The number of carbonyl (C=O) groups excluding carboxylic acids is 1. The van der Waals surface area contributed by atoms with Crippen LogP contribution in [0.25, 0.3) is 0 Å². The van der Waals surface area contributed by atoms with Gasteiger partial charge in [-0.15, -0.1) is 0 Å². The Balaban J connectivity index is 1.92. The lowest BCUT2D eigenvalue weighted by molar-refractivity contribution is -0.175. The quantitative estimate of drug-likeness (QED) is 0.676. The number of fused-ring (bicyclic) bond motifs is 1. The molecular weight excluding hydrogens is 272 g/mol. The predicted molar refractivity (Wildman–Crippen MR) is 77.6 cm³/mol. The molecule has 1 amide bonds. The molecule has 120 valence electrons. The lowest BCUT2D eigenvalue weighted by atomic mass is 9.48. The summed E-state index contributed by atoms with van der Waals surface area (Å²) in [5.41, 5.74) is 5.18. The van der Waals surface area contributed by atoms with Crippen molar-refractivity contribution in [3.05, 3.63) is 0 Å². The molecule has 1 heterocycles. The summed E-state index contributed by atoms with van der Waals surface area (Å²) in [5, 5.41) is 11.6. The molecule has 6 heteroatoms. The predicted octanol–water partition coefficient (Wildman–Crippen LogP) is 0.888. The Morgan fingerprint density at radius 3 is 2.76 bits per heavy atom. The van der Waals surface area contributed by atoms with Gasteiger partial charge in [0.15, 0.2) is 0 Å². The molecule has 2 rings (SSSR count). The molecule has 2 aliphatic rings. The normalized spacial score (nSPS) is 34.7. The lowest BCUT2D eigenvalue weighted by Crippen LogP contribution is -2.80. The van der Waals surface area contributed by atoms with Crippen LogP contribution in [0.4, 0.5) is 0 Å². The minimum absolute atomic E-state index is 0.0653. The van der Waals surface area contributed by atoms with Gasteiger partial charge in [-0.2, -0.15) is 0 Å². The Labute approximate surface area is 125 Å². The van der Waals surface area contributed by atoms with Crippen molar-refractivity contribution in [3.8, 4) is 0 Å². The Hall–Kier alpha value is -1.14. The van der Waals surface area contributed by atoms with Crippen LogP contribution in [0.2, 0.25) is 0 Å². The summed E-state index contributed by atoms with van der Waals surface area (Å²) in [6.07, 6.45) is 2.20. The molecule has 2 fully saturated rings. The summed E-state index contributed by atoms with van der Waals surface area (Å²) < 4.78 is 5.68. The smallest absolute Gasteiger partial charge is 0.303 e. The van der Waals surface area contributed by atoms with Crippen LogP contribution >= 0.6 is 0 Å². The van der Waals surface area contributed by atoms with Crippen molar-refractivity contribution in [1.29, 1.82) is 0 Å². The number of hydrogen-bond acceptors (Lipinski definition) is 4. The van der Waals surface area contributed by atoms with Crippen molar-refractivity contribution in [2.45, 2.75) is 64.1 Å². The number of aliphatic carboxylic acids is 1.